The molecule has 0 spiro atoms. The predicted octanol–water partition coefficient (Wildman–Crippen LogP) is 3.32. The molecule has 1 saturated heterocycles. The molecule has 6 nitrogen and oxygen atoms in total. The third-order valence-electron chi connectivity index (χ3n) is 4.62. The van der Waals surface area contributed by atoms with E-state index in [1.807, 2.05) is 13.0 Å². The molecule has 9 heteroatoms. The number of carbonyl (C=O) groups excluding carboxylic acids is 2. The molecule has 1 aromatic heterocycles. The lowest BCUT2D eigenvalue weighted by Gasteiger charge is -2.34. The van der Waals surface area contributed by atoms with Crippen molar-refractivity contribution in [1.82, 2.24) is 9.21 Å². The number of nitrogens with zero attached hydrogens (tertiary/aromatic N) is 2. The summed E-state index contributed by atoms with van der Waals surface area (Å²) in [7, 11) is -3.57. The highest BCUT2D eigenvalue weighted by Gasteiger charge is 2.30. The van der Waals surface area contributed by atoms with E-state index in [0.717, 1.165) is 9.35 Å². The molecule has 2 heterocycles. The van der Waals surface area contributed by atoms with E-state index >= 15 is 0 Å². The van der Waals surface area contributed by atoms with Crippen molar-refractivity contribution in [2.45, 2.75) is 24.7 Å². The Balaban J connectivity index is 1.52. The first-order chi connectivity index (χ1) is 13.3. The largest absolute Gasteiger partial charge is 0.340 e. The quantitative estimate of drug-likeness (QED) is 0.589. The summed E-state index contributed by atoms with van der Waals surface area (Å²) < 4.78 is 27.6. The molecule has 150 valence electrons. The van der Waals surface area contributed by atoms with Crippen molar-refractivity contribution >= 4 is 49.0 Å². The van der Waals surface area contributed by atoms with E-state index in [4.69, 9.17) is 0 Å². The van der Waals surface area contributed by atoms with Gasteiger partial charge in [-0.05, 0) is 43.3 Å². The number of ketones is 1. The maximum atomic E-state index is 12.7. The van der Waals surface area contributed by atoms with Crippen molar-refractivity contribution in [3.8, 4) is 0 Å². The Hall–Kier alpha value is -1.55. The summed E-state index contributed by atoms with van der Waals surface area (Å²) >= 11 is 4.73. The Labute approximate surface area is 177 Å². The van der Waals surface area contributed by atoms with Crippen LogP contribution in [0.3, 0.4) is 0 Å². The fourth-order valence-electron chi connectivity index (χ4n) is 3.02. The van der Waals surface area contributed by atoms with E-state index in [1.54, 1.807) is 35.2 Å². The maximum Gasteiger partial charge on any atom is 0.243 e. The first-order valence-electron chi connectivity index (χ1n) is 8.90. The van der Waals surface area contributed by atoms with Gasteiger partial charge in [0.1, 0.15) is 0 Å². The molecule has 1 aromatic carbocycles. The number of hydrogen-bond acceptors (Lipinski definition) is 5. The second-order valence-corrected chi connectivity index (χ2v) is 10.7. The van der Waals surface area contributed by atoms with E-state index in [0.29, 0.717) is 18.0 Å². The summed E-state index contributed by atoms with van der Waals surface area (Å²) in [5.41, 5.74) is 0. The van der Waals surface area contributed by atoms with Crippen LogP contribution in [0, 0.1) is 6.92 Å². The van der Waals surface area contributed by atoms with E-state index in [-0.39, 0.29) is 42.5 Å². The number of piperazine rings is 1. The van der Waals surface area contributed by atoms with Crippen LogP contribution in [0.1, 0.15) is 27.4 Å². The van der Waals surface area contributed by atoms with Gasteiger partial charge in [0.25, 0.3) is 0 Å². The predicted molar refractivity (Wildman–Crippen MR) is 112 cm³/mol. The van der Waals surface area contributed by atoms with Crippen molar-refractivity contribution in [3.63, 3.8) is 0 Å². The van der Waals surface area contributed by atoms with Gasteiger partial charge in [-0.1, -0.05) is 15.9 Å². The number of halogens is 1. The number of benzene rings is 1. The second kappa shape index (κ2) is 8.86. The van der Waals surface area contributed by atoms with Gasteiger partial charge in [0.05, 0.1) is 9.77 Å². The lowest BCUT2D eigenvalue weighted by Crippen LogP contribution is -2.50. The Morgan fingerprint density at radius 1 is 1.00 bits per heavy atom. The van der Waals surface area contributed by atoms with Gasteiger partial charge in [0.2, 0.25) is 15.9 Å². The molecule has 1 aliphatic heterocycles. The minimum absolute atomic E-state index is 0.0251. The summed E-state index contributed by atoms with van der Waals surface area (Å²) in [6.45, 7) is 3.11. The van der Waals surface area contributed by atoms with Gasteiger partial charge in [-0.3, -0.25) is 9.59 Å². The molecule has 0 bridgehead atoms. The molecule has 0 N–H and O–H groups in total. The van der Waals surface area contributed by atoms with Crippen molar-refractivity contribution in [1.29, 1.82) is 0 Å². The summed E-state index contributed by atoms with van der Waals surface area (Å²) in [5, 5.41) is 0. The van der Waals surface area contributed by atoms with Gasteiger partial charge >= 0.3 is 0 Å². The minimum Gasteiger partial charge on any atom is -0.340 e. The Morgan fingerprint density at radius 2 is 1.64 bits per heavy atom. The average molecular weight is 485 g/mol. The number of aryl methyl sites for hydroxylation is 1. The van der Waals surface area contributed by atoms with Crippen LogP contribution in [-0.2, 0) is 14.8 Å². The molecular formula is C19H21BrN2O4S2. The molecule has 1 fully saturated rings. The monoisotopic (exact) mass is 484 g/mol. The summed E-state index contributed by atoms with van der Waals surface area (Å²) in [6, 6.07) is 10.2. The molecular weight excluding hydrogens is 464 g/mol. The van der Waals surface area contributed by atoms with Crippen molar-refractivity contribution in [2.24, 2.45) is 0 Å². The van der Waals surface area contributed by atoms with Crippen molar-refractivity contribution < 1.29 is 18.0 Å². The first-order valence-corrected chi connectivity index (χ1v) is 12.0. The Morgan fingerprint density at radius 3 is 2.21 bits per heavy atom. The molecule has 0 saturated carbocycles. The van der Waals surface area contributed by atoms with Crippen molar-refractivity contribution in [3.05, 3.63) is 50.6 Å². The molecule has 3 rings (SSSR count). The van der Waals surface area contributed by atoms with Crippen LogP contribution in [0.25, 0.3) is 0 Å². The standard InChI is InChI=1S/C19H21BrN2O4S2/c1-14-2-8-18(27-14)17(23)7-9-19(24)21-10-12-22(13-11-21)28(25,26)16-5-3-15(20)4-6-16/h2-6,8H,7,9-13H2,1H3. The van der Waals surface area contributed by atoms with E-state index in [2.05, 4.69) is 15.9 Å². The maximum absolute atomic E-state index is 12.7. The molecule has 28 heavy (non-hydrogen) atoms. The molecule has 1 aliphatic rings. The normalized spacial score (nSPS) is 15.6. The Kier molecular flexibility index (Phi) is 6.69. The third-order valence-corrected chi connectivity index (χ3v) is 8.11. The molecule has 2 aromatic rings. The number of thiophene rings is 1. The zero-order valence-electron chi connectivity index (χ0n) is 15.4. The van der Waals surface area contributed by atoms with Gasteiger partial charge in [0, 0.05) is 48.4 Å². The lowest BCUT2D eigenvalue weighted by molar-refractivity contribution is -0.132. The smallest absolute Gasteiger partial charge is 0.243 e. The highest BCUT2D eigenvalue weighted by atomic mass is 79.9. The fraction of sp³-hybridized carbons (Fsp3) is 0.368. The van der Waals surface area contributed by atoms with Crippen LogP contribution in [0.15, 0.2) is 45.8 Å². The van der Waals surface area contributed by atoms with Crippen LogP contribution in [0.4, 0.5) is 0 Å². The number of amides is 1. The van der Waals surface area contributed by atoms with Crippen LogP contribution < -0.4 is 0 Å². The topological polar surface area (TPSA) is 74.8 Å². The van der Waals surface area contributed by atoms with Gasteiger partial charge < -0.3 is 4.90 Å². The summed E-state index contributed by atoms with van der Waals surface area (Å²) in [5.74, 6) is -0.134. The molecule has 1 amide bonds. The zero-order valence-corrected chi connectivity index (χ0v) is 18.6. The van der Waals surface area contributed by atoms with E-state index in [9.17, 15) is 18.0 Å². The molecule has 0 unspecified atom stereocenters. The highest BCUT2D eigenvalue weighted by Crippen LogP contribution is 2.21. The van der Waals surface area contributed by atoms with Gasteiger partial charge in [-0.25, -0.2) is 8.42 Å². The second-order valence-electron chi connectivity index (χ2n) is 6.57. The van der Waals surface area contributed by atoms with E-state index in [1.165, 1.54) is 15.6 Å². The molecule has 0 radical (unpaired) electrons. The summed E-state index contributed by atoms with van der Waals surface area (Å²) in [4.78, 5) is 28.2. The molecule has 0 aliphatic carbocycles. The van der Waals surface area contributed by atoms with Crippen LogP contribution in [0.5, 0.6) is 0 Å². The highest BCUT2D eigenvalue weighted by molar-refractivity contribution is 9.10. The fourth-order valence-corrected chi connectivity index (χ4v) is 5.54. The minimum atomic E-state index is -3.57. The van der Waals surface area contributed by atoms with Gasteiger partial charge in [-0.2, -0.15) is 4.31 Å². The average Bonchev–Trinajstić information content (AvgIpc) is 3.13. The lowest BCUT2D eigenvalue weighted by atomic mass is 10.1. The van der Waals surface area contributed by atoms with Crippen LogP contribution in [0.2, 0.25) is 0 Å². The van der Waals surface area contributed by atoms with E-state index < -0.39 is 10.0 Å². The Bertz CT molecular complexity index is 962. The van der Waals surface area contributed by atoms with Crippen LogP contribution >= 0.6 is 27.3 Å². The van der Waals surface area contributed by atoms with Gasteiger partial charge in [-0.15, -0.1) is 11.3 Å². The first kappa shape index (κ1) is 21.2. The zero-order chi connectivity index (χ0) is 20.3. The number of carbonyl (C=O) groups is 2. The molecule has 0 atom stereocenters. The SMILES string of the molecule is Cc1ccc(C(=O)CCC(=O)N2CCN(S(=O)(=O)c3ccc(Br)cc3)CC2)s1. The summed E-state index contributed by atoms with van der Waals surface area (Å²) in [6.07, 6.45) is 0.325. The number of Topliss-reactive ketones (excluding diaryl/α,β-unsaturated/α-hetero) is 1. The third kappa shape index (κ3) is 4.89. The number of rotatable bonds is 6. The van der Waals surface area contributed by atoms with Gasteiger partial charge in [0.15, 0.2) is 5.78 Å². The van der Waals surface area contributed by atoms with Crippen molar-refractivity contribution in [2.75, 3.05) is 26.2 Å². The number of sulfonamides is 1. The van der Waals surface area contributed by atoms with Crippen LogP contribution in [-0.4, -0.2) is 55.5 Å². The number of hydrogen-bond donors (Lipinski definition) is 0.